The molecule has 5 aliphatic carbocycles. The lowest BCUT2D eigenvalue weighted by atomic mass is 9.33. The summed E-state index contributed by atoms with van der Waals surface area (Å²) in [7, 11) is 0. The first kappa shape index (κ1) is 25.4. The smallest absolute Gasteiger partial charge is 0.345 e. The maximum atomic E-state index is 12.9. The maximum absolute atomic E-state index is 12.9. The molecule has 1 aromatic rings. The third-order valence-corrected chi connectivity index (χ3v) is 13.3. The van der Waals surface area contributed by atoms with Crippen LogP contribution in [0.5, 0.6) is 0 Å². The highest BCUT2D eigenvalue weighted by atomic mass is 16.4. The zero-order valence-corrected chi connectivity index (χ0v) is 24.0. The van der Waals surface area contributed by atoms with Crippen LogP contribution in [0.4, 0.5) is 0 Å². The summed E-state index contributed by atoms with van der Waals surface area (Å²) in [5.41, 5.74) is 3.26. The van der Waals surface area contributed by atoms with E-state index in [1.54, 1.807) is 0 Å². The second kappa shape index (κ2) is 7.39. The summed E-state index contributed by atoms with van der Waals surface area (Å²) in [4.78, 5) is 32.3. The van der Waals surface area contributed by atoms with Crippen molar-refractivity contribution < 1.29 is 9.90 Å². The normalized spacial score (nSPS) is 45.3. The van der Waals surface area contributed by atoms with Gasteiger partial charge >= 0.3 is 11.7 Å². The molecule has 0 aromatic carbocycles. The van der Waals surface area contributed by atoms with Gasteiger partial charge in [-0.25, -0.2) is 9.78 Å². The lowest BCUT2D eigenvalue weighted by molar-refractivity contribution is -0.177. The van der Waals surface area contributed by atoms with Crippen molar-refractivity contribution >= 4 is 5.97 Å². The van der Waals surface area contributed by atoms with Crippen molar-refractivity contribution in [2.24, 2.45) is 44.8 Å². The molecule has 5 aliphatic rings. The van der Waals surface area contributed by atoms with Gasteiger partial charge in [-0.3, -0.25) is 4.79 Å². The average Bonchev–Trinajstić information content (AvgIpc) is 2.79. The third-order valence-electron chi connectivity index (χ3n) is 13.3. The van der Waals surface area contributed by atoms with Crippen LogP contribution in [-0.2, 0) is 16.6 Å². The molecule has 3 fully saturated rings. The van der Waals surface area contributed by atoms with Crippen LogP contribution < -0.4 is 5.69 Å². The fourth-order valence-corrected chi connectivity index (χ4v) is 11.1. The molecule has 1 aromatic heterocycles. The number of rotatable bonds is 1. The summed E-state index contributed by atoms with van der Waals surface area (Å²) in [5.74, 6) is 0.581. The predicted octanol–water partition coefficient (Wildman–Crippen LogP) is 6.67. The van der Waals surface area contributed by atoms with Crippen LogP contribution in [0, 0.1) is 44.8 Å². The number of allylic oxidation sites excluding steroid dienone is 2. The lowest BCUT2D eigenvalue weighted by Gasteiger charge is -2.70. The van der Waals surface area contributed by atoms with Gasteiger partial charge in [-0.05, 0) is 103 Å². The Bertz CT molecular complexity index is 1260. The Kier molecular flexibility index (Phi) is 5.06. The van der Waals surface area contributed by atoms with Crippen molar-refractivity contribution in [1.29, 1.82) is 0 Å². The minimum atomic E-state index is -0.589. The van der Waals surface area contributed by atoms with Crippen molar-refractivity contribution in [2.75, 3.05) is 0 Å². The van der Waals surface area contributed by atoms with Crippen LogP contribution in [-0.4, -0.2) is 21.0 Å². The van der Waals surface area contributed by atoms with Gasteiger partial charge in [0.15, 0.2) is 0 Å². The molecule has 3 saturated carbocycles. The van der Waals surface area contributed by atoms with Crippen LogP contribution in [0.25, 0.3) is 0 Å². The monoisotopic (exact) mass is 506 g/mol. The SMILES string of the molecule is CC1(C)CC[C@]2(C(=O)O)CC[C@]3(C)C(=CCC4[C@@]5(C)Cc6cnc(=O)[nH]c6C(C)(C)C5CC[C@]43C)C2C1. The number of hydrogen-bond donors (Lipinski definition) is 2. The first-order chi connectivity index (χ1) is 17.1. The van der Waals surface area contributed by atoms with Crippen molar-refractivity contribution in [2.45, 2.75) is 112 Å². The van der Waals surface area contributed by atoms with E-state index in [9.17, 15) is 14.7 Å². The fraction of sp³-hybridized carbons (Fsp3) is 0.781. The molecule has 0 bridgehead atoms. The summed E-state index contributed by atoms with van der Waals surface area (Å²) in [5, 5.41) is 10.6. The number of carboxylic acids is 1. The zero-order chi connectivity index (χ0) is 26.8. The van der Waals surface area contributed by atoms with E-state index < -0.39 is 11.4 Å². The topological polar surface area (TPSA) is 83.0 Å². The number of hydrogen-bond acceptors (Lipinski definition) is 3. The molecule has 0 saturated heterocycles. The van der Waals surface area contributed by atoms with E-state index in [0.717, 1.165) is 63.5 Å². The first-order valence-corrected chi connectivity index (χ1v) is 14.6. The Labute approximate surface area is 221 Å². The molecule has 202 valence electrons. The molecule has 0 amide bonds. The van der Waals surface area contributed by atoms with Gasteiger partial charge in [0.05, 0.1) is 5.41 Å². The Morgan fingerprint density at radius 3 is 2.41 bits per heavy atom. The summed E-state index contributed by atoms with van der Waals surface area (Å²) in [6, 6.07) is 0. The van der Waals surface area contributed by atoms with Crippen molar-refractivity contribution in [3.63, 3.8) is 0 Å². The fourth-order valence-electron chi connectivity index (χ4n) is 11.1. The Hall–Kier alpha value is -1.91. The number of nitrogens with one attached hydrogen (secondary N) is 1. The minimum absolute atomic E-state index is 0.0224. The predicted molar refractivity (Wildman–Crippen MR) is 145 cm³/mol. The largest absolute Gasteiger partial charge is 0.481 e. The number of carbonyl (C=O) groups is 1. The van der Waals surface area contributed by atoms with Gasteiger partial charge in [0.1, 0.15) is 0 Å². The molecule has 2 N–H and O–H groups in total. The minimum Gasteiger partial charge on any atom is -0.481 e. The van der Waals surface area contributed by atoms with Crippen LogP contribution in [0.15, 0.2) is 22.6 Å². The van der Waals surface area contributed by atoms with Gasteiger partial charge in [0.25, 0.3) is 0 Å². The molecule has 0 spiro atoms. The summed E-state index contributed by atoms with van der Waals surface area (Å²) >= 11 is 0. The number of nitrogens with zero attached hydrogens (tertiary/aromatic N) is 1. The second-order valence-corrected chi connectivity index (χ2v) is 15.7. The molecular weight excluding hydrogens is 460 g/mol. The summed E-state index contributed by atoms with van der Waals surface area (Å²) < 4.78 is 0. The summed E-state index contributed by atoms with van der Waals surface area (Å²) in [6.07, 6.45) is 13.2. The van der Waals surface area contributed by atoms with Crippen LogP contribution in [0.1, 0.15) is 111 Å². The van der Waals surface area contributed by atoms with Gasteiger partial charge in [-0.1, -0.05) is 60.1 Å². The Morgan fingerprint density at radius 1 is 1.00 bits per heavy atom. The molecule has 0 aliphatic heterocycles. The number of aromatic amines is 1. The number of H-pyrrole nitrogens is 1. The van der Waals surface area contributed by atoms with E-state index in [1.807, 2.05) is 6.20 Å². The Balaban J connectivity index is 1.47. The highest BCUT2D eigenvalue weighted by Gasteiger charge is 2.69. The van der Waals surface area contributed by atoms with Crippen molar-refractivity contribution in [1.82, 2.24) is 9.97 Å². The Morgan fingerprint density at radius 2 is 1.70 bits per heavy atom. The standard InChI is InChI=1S/C32H46N2O3/c1-27(2)12-14-32(25(35)36)15-13-30(6)20(21(32)17-27)8-9-23-29(5)16-19-18-33-26(37)34-24(19)28(3,4)22(29)10-11-31(23,30)7/h8,18,21-23H,9-17H2,1-7H3,(H,35,36)(H,33,34,37)/t21?,22?,23?,29-,30+,31+,32-/m0/s1. The van der Waals surface area contributed by atoms with E-state index >= 15 is 0 Å². The molecule has 37 heavy (non-hydrogen) atoms. The molecular formula is C32H46N2O3. The molecule has 7 atom stereocenters. The van der Waals surface area contributed by atoms with Gasteiger partial charge in [0.2, 0.25) is 0 Å². The highest BCUT2D eigenvalue weighted by molar-refractivity contribution is 5.76. The maximum Gasteiger partial charge on any atom is 0.345 e. The van der Waals surface area contributed by atoms with E-state index in [0.29, 0.717) is 11.8 Å². The van der Waals surface area contributed by atoms with E-state index in [4.69, 9.17) is 0 Å². The first-order valence-electron chi connectivity index (χ1n) is 14.6. The zero-order valence-electron chi connectivity index (χ0n) is 24.0. The summed E-state index contributed by atoms with van der Waals surface area (Å²) in [6.45, 7) is 16.9. The third kappa shape index (κ3) is 3.06. The molecule has 6 rings (SSSR count). The number of fused-ring (bicyclic) bond motifs is 8. The van der Waals surface area contributed by atoms with Gasteiger partial charge in [0, 0.05) is 17.3 Å². The molecule has 0 radical (unpaired) electrons. The molecule has 1 heterocycles. The van der Waals surface area contributed by atoms with Gasteiger partial charge in [-0.2, -0.15) is 0 Å². The van der Waals surface area contributed by atoms with Gasteiger partial charge in [-0.15, -0.1) is 0 Å². The van der Waals surface area contributed by atoms with Crippen LogP contribution in [0.2, 0.25) is 0 Å². The number of aromatic nitrogens is 2. The van der Waals surface area contributed by atoms with Crippen molar-refractivity contribution in [3.05, 3.63) is 39.6 Å². The quantitative estimate of drug-likeness (QED) is 0.417. The van der Waals surface area contributed by atoms with E-state index in [1.165, 1.54) is 11.1 Å². The average molecular weight is 507 g/mol. The number of carboxylic acid groups (broad SMARTS) is 1. The molecule has 5 nitrogen and oxygen atoms in total. The lowest BCUT2D eigenvalue weighted by Crippen LogP contribution is -2.65. The van der Waals surface area contributed by atoms with Crippen LogP contribution >= 0.6 is 0 Å². The van der Waals surface area contributed by atoms with Crippen LogP contribution in [0.3, 0.4) is 0 Å². The van der Waals surface area contributed by atoms with Crippen molar-refractivity contribution in [3.8, 4) is 0 Å². The number of aliphatic carboxylic acids is 1. The van der Waals surface area contributed by atoms with E-state index in [-0.39, 0.29) is 38.7 Å². The molecule has 3 unspecified atom stereocenters. The van der Waals surface area contributed by atoms with E-state index in [2.05, 4.69) is 64.5 Å². The molecule has 5 heteroatoms. The van der Waals surface area contributed by atoms with Gasteiger partial charge < -0.3 is 10.1 Å². The highest BCUT2D eigenvalue weighted by Crippen LogP contribution is 2.75. The second-order valence-electron chi connectivity index (χ2n) is 15.7.